The molecule has 2 heterocycles. The number of benzene rings is 4. The van der Waals surface area contributed by atoms with Gasteiger partial charge in [0.1, 0.15) is 5.94 Å². The van der Waals surface area contributed by atoms with Crippen LogP contribution in [-0.2, 0) is 10.6 Å². The molecule has 0 bridgehead atoms. The van der Waals surface area contributed by atoms with E-state index >= 15 is 0 Å². The highest BCUT2D eigenvalue weighted by molar-refractivity contribution is 6.25. The molecule has 4 aromatic rings. The molecule has 4 nitrogen and oxygen atoms in total. The summed E-state index contributed by atoms with van der Waals surface area (Å²) in [6.45, 7) is 1.95. The summed E-state index contributed by atoms with van der Waals surface area (Å²) < 4.78 is 13.1. The van der Waals surface area contributed by atoms with Crippen LogP contribution in [0.5, 0.6) is 11.5 Å². The van der Waals surface area contributed by atoms with Gasteiger partial charge in [-0.15, -0.1) is 0 Å². The number of aliphatic imine (C=N–C) groups is 1. The minimum absolute atomic E-state index is 0.503. The summed E-state index contributed by atoms with van der Waals surface area (Å²) in [4.78, 5) is 16.3. The Labute approximate surface area is 190 Å². The lowest BCUT2D eigenvalue weighted by Crippen LogP contribution is -2.36. The highest BCUT2D eigenvalue weighted by atomic mass is 16.7. The summed E-state index contributed by atoms with van der Waals surface area (Å²) in [6, 6.07) is 31.2. The molecule has 0 unspecified atom stereocenters. The normalized spacial score (nSPS) is 15.1. The smallest absolute Gasteiger partial charge is 0.305 e. The van der Waals surface area contributed by atoms with Gasteiger partial charge in [0.15, 0.2) is 11.5 Å². The van der Waals surface area contributed by atoms with Gasteiger partial charge in [0, 0.05) is 27.6 Å². The van der Waals surface area contributed by atoms with Crippen molar-refractivity contribution in [3.8, 4) is 11.5 Å². The number of ether oxygens (including phenoxy) is 2. The third kappa shape index (κ3) is 2.93. The van der Waals surface area contributed by atoms with Crippen molar-refractivity contribution >= 4 is 22.9 Å². The molecule has 0 saturated carbocycles. The van der Waals surface area contributed by atoms with Crippen molar-refractivity contribution < 1.29 is 14.3 Å². The molecule has 0 atom stereocenters. The summed E-state index contributed by atoms with van der Waals surface area (Å²) in [7, 11) is 0. The maximum atomic E-state index is 11.6. The summed E-state index contributed by atoms with van der Waals surface area (Å²) in [6.07, 6.45) is 0. The fraction of sp³-hybridized carbons (Fsp3) is 0.0690. The van der Waals surface area contributed by atoms with E-state index in [1.807, 2.05) is 97.9 Å². The van der Waals surface area contributed by atoms with Gasteiger partial charge < -0.3 is 9.47 Å². The second-order valence-electron chi connectivity index (χ2n) is 8.09. The molecule has 0 spiro atoms. The van der Waals surface area contributed by atoms with Gasteiger partial charge >= 0.3 is 5.79 Å². The van der Waals surface area contributed by atoms with Crippen molar-refractivity contribution in [2.45, 2.75) is 12.7 Å². The van der Waals surface area contributed by atoms with Gasteiger partial charge in [0.25, 0.3) is 0 Å². The summed E-state index contributed by atoms with van der Waals surface area (Å²) >= 11 is 0. The molecule has 0 radical (unpaired) electrons. The fourth-order valence-corrected chi connectivity index (χ4v) is 4.63. The van der Waals surface area contributed by atoms with Gasteiger partial charge in [0.05, 0.1) is 10.9 Å². The average Bonchev–Trinajstić information content (AvgIpc) is 3.42. The average molecular weight is 429 g/mol. The van der Waals surface area contributed by atoms with Crippen molar-refractivity contribution in [2.24, 2.45) is 4.99 Å². The van der Waals surface area contributed by atoms with Crippen molar-refractivity contribution in [2.75, 3.05) is 0 Å². The first kappa shape index (κ1) is 19.3. The predicted octanol–water partition coefficient (Wildman–Crippen LogP) is 4.17. The number of hydrogen-bond donors (Lipinski definition) is 0. The minimum Gasteiger partial charge on any atom is -0.440 e. The zero-order chi connectivity index (χ0) is 22.4. The molecule has 33 heavy (non-hydrogen) atoms. The highest BCUT2D eigenvalue weighted by Crippen LogP contribution is 2.48. The molecule has 4 aromatic carbocycles. The summed E-state index contributed by atoms with van der Waals surface area (Å²) in [5, 5.41) is 1.31. The first-order chi connectivity index (χ1) is 16.2. The van der Waals surface area contributed by atoms with Crippen molar-refractivity contribution in [3.63, 3.8) is 0 Å². The number of nitrogens with zero attached hydrogens (tertiary/aromatic N) is 1. The molecule has 158 valence electrons. The molecule has 0 fully saturated rings. The van der Waals surface area contributed by atoms with E-state index in [-0.39, 0.29) is 0 Å². The van der Waals surface area contributed by atoms with Gasteiger partial charge in [-0.2, -0.15) is 0 Å². The van der Waals surface area contributed by atoms with E-state index in [0.29, 0.717) is 16.7 Å². The van der Waals surface area contributed by atoms with Gasteiger partial charge in [-0.25, -0.2) is 4.79 Å². The SMILES string of the molecule is CC1=Nc2cccc(=C=O)c2=C1c1ccc2c(c1)OC(c1ccccc1)(c1ccccc1)O2. The molecule has 2 aliphatic rings. The van der Waals surface area contributed by atoms with E-state index < -0.39 is 5.79 Å². The Morgan fingerprint density at radius 2 is 1.42 bits per heavy atom. The van der Waals surface area contributed by atoms with Crippen LogP contribution in [0, 0.1) is 0 Å². The molecule has 6 rings (SSSR count). The zero-order valence-corrected chi connectivity index (χ0v) is 17.9. The van der Waals surface area contributed by atoms with Crippen LogP contribution in [0.25, 0.3) is 5.57 Å². The van der Waals surface area contributed by atoms with E-state index in [1.54, 1.807) is 6.07 Å². The van der Waals surface area contributed by atoms with Gasteiger partial charge in [-0.05, 0) is 36.8 Å². The van der Waals surface area contributed by atoms with Crippen LogP contribution in [0.3, 0.4) is 0 Å². The molecule has 4 heteroatoms. The Balaban J connectivity index is 1.53. The first-order valence-electron chi connectivity index (χ1n) is 10.8. The van der Waals surface area contributed by atoms with Crippen LogP contribution in [-0.4, -0.2) is 11.7 Å². The van der Waals surface area contributed by atoms with Crippen molar-refractivity contribution in [1.82, 2.24) is 0 Å². The summed E-state index contributed by atoms with van der Waals surface area (Å²) in [5.41, 5.74) is 5.27. The highest BCUT2D eigenvalue weighted by Gasteiger charge is 2.45. The molecule has 0 aliphatic carbocycles. The Bertz CT molecular complexity index is 1530. The van der Waals surface area contributed by atoms with Gasteiger partial charge in [0.2, 0.25) is 0 Å². The van der Waals surface area contributed by atoms with E-state index in [2.05, 4.69) is 10.9 Å². The van der Waals surface area contributed by atoms with E-state index in [9.17, 15) is 4.79 Å². The number of fused-ring (bicyclic) bond motifs is 2. The molecule has 0 aromatic heterocycles. The lowest BCUT2D eigenvalue weighted by Gasteiger charge is -2.28. The Hall–Kier alpha value is -4.40. The van der Waals surface area contributed by atoms with Crippen LogP contribution in [0.1, 0.15) is 23.6 Å². The van der Waals surface area contributed by atoms with Gasteiger partial charge in [-0.1, -0.05) is 72.8 Å². The van der Waals surface area contributed by atoms with E-state index in [0.717, 1.165) is 38.9 Å². The quantitative estimate of drug-likeness (QED) is 0.491. The van der Waals surface area contributed by atoms with Crippen LogP contribution in [0.2, 0.25) is 0 Å². The number of hydrogen-bond acceptors (Lipinski definition) is 4. The molecular weight excluding hydrogens is 410 g/mol. The fourth-order valence-electron chi connectivity index (χ4n) is 4.63. The molecule has 2 aliphatic heterocycles. The van der Waals surface area contributed by atoms with Crippen LogP contribution >= 0.6 is 0 Å². The van der Waals surface area contributed by atoms with Crippen LogP contribution in [0.15, 0.2) is 102 Å². The van der Waals surface area contributed by atoms with Crippen LogP contribution in [0.4, 0.5) is 5.69 Å². The zero-order valence-electron chi connectivity index (χ0n) is 17.9. The summed E-state index contributed by atoms with van der Waals surface area (Å²) in [5.74, 6) is 2.28. The Kier molecular flexibility index (Phi) is 4.29. The van der Waals surface area contributed by atoms with E-state index in [1.165, 1.54) is 0 Å². The van der Waals surface area contributed by atoms with Crippen molar-refractivity contribution in [1.29, 1.82) is 0 Å². The first-order valence-corrected chi connectivity index (χ1v) is 10.8. The topological polar surface area (TPSA) is 47.9 Å². The third-order valence-electron chi connectivity index (χ3n) is 6.10. The largest absolute Gasteiger partial charge is 0.440 e. The molecule has 0 N–H and O–H groups in total. The minimum atomic E-state index is -1.08. The van der Waals surface area contributed by atoms with Crippen molar-refractivity contribution in [3.05, 3.63) is 124 Å². The van der Waals surface area contributed by atoms with Crippen LogP contribution < -0.4 is 19.9 Å². The lowest BCUT2D eigenvalue weighted by atomic mass is 9.97. The second kappa shape index (κ2) is 7.33. The molecule has 0 saturated heterocycles. The molecular formula is C29H19NO3. The standard InChI is InChI=1S/C29H19NO3/c1-19-27(28-21(18-31)9-8-14-24(28)30-19)20-15-16-25-26(17-20)33-29(32-25,22-10-4-2-5-11-22)23-12-6-3-7-13-23/h2-17H,1H3. The third-order valence-corrected chi connectivity index (χ3v) is 6.10. The second-order valence-corrected chi connectivity index (χ2v) is 8.09. The lowest BCUT2D eigenvalue weighted by molar-refractivity contribution is -0.0459. The maximum Gasteiger partial charge on any atom is 0.305 e. The monoisotopic (exact) mass is 429 g/mol. The van der Waals surface area contributed by atoms with E-state index in [4.69, 9.17) is 9.47 Å². The maximum absolute atomic E-state index is 11.6. The Morgan fingerprint density at radius 1 is 0.758 bits per heavy atom. The molecule has 0 amide bonds. The number of rotatable bonds is 3. The predicted molar refractivity (Wildman–Crippen MR) is 127 cm³/mol. The van der Waals surface area contributed by atoms with Gasteiger partial charge in [-0.3, -0.25) is 4.99 Å². The Morgan fingerprint density at radius 3 is 2.09 bits per heavy atom. The number of carbonyl (C=O) groups excluding carboxylic acids is 1.